The maximum Gasteiger partial charge on any atom is 0.220 e. The fourth-order valence-electron chi connectivity index (χ4n) is 10.5. The number of carbonyl (C=O) groups excluding carboxylic acids is 1. The van der Waals surface area contributed by atoms with E-state index in [2.05, 4.69) is 19.2 Å². The number of amides is 1. The lowest BCUT2D eigenvalue weighted by molar-refractivity contribution is -0.359. The molecule has 0 bridgehead atoms. The van der Waals surface area contributed by atoms with Gasteiger partial charge in [-0.05, 0) is 19.3 Å². The van der Waals surface area contributed by atoms with Gasteiger partial charge in [0.2, 0.25) is 5.91 Å². The van der Waals surface area contributed by atoms with Gasteiger partial charge in [-0.15, -0.1) is 0 Å². The van der Waals surface area contributed by atoms with E-state index in [1.165, 1.54) is 199 Å². The second kappa shape index (κ2) is 46.6. The van der Waals surface area contributed by atoms with E-state index in [0.717, 1.165) is 44.9 Å². The van der Waals surface area contributed by atoms with Crippen LogP contribution in [0.3, 0.4) is 0 Å². The van der Waals surface area contributed by atoms with E-state index in [0.29, 0.717) is 6.42 Å². The van der Waals surface area contributed by atoms with Crippen LogP contribution in [-0.2, 0) is 23.7 Å². The molecule has 0 aliphatic carbocycles. The Hall–Kier alpha value is -1.27. The number of hydrogen-bond acceptors (Lipinski definition) is 13. The van der Waals surface area contributed by atoms with Crippen LogP contribution >= 0.6 is 0 Å². The molecule has 74 heavy (non-hydrogen) atoms. The lowest BCUT2D eigenvalue weighted by Crippen LogP contribution is -2.65. The Bertz CT molecular complexity index is 1290. The number of carbonyl (C=O) groups is 1. The Morgan fingerprint density at radius 1 is 0.473 bits per heavy atom. The predicted octanol–water partition coefficient (Wildman–Crippen LogP) is 10.7. The first-order chi connectivity index (χ1) is 36.1. The van der Waals surface area contributed by atoms with Gasteiger partial charge in [-0.1, -0.05) is 257 Å². The molecule has 0 aromatic heterocycles. The Morgan fingerprint density at radius 3 is 1.24 bits per heavy atom. The molecular weight excluding hydrogens is 943 g/mol. The van der Waals surface area contributed by atoms with Crippen LogP contribution in [0.25, 0.3) is 0 Å². The Labute approximate surface area is 450 Å². The van der Waals surface area contributed by atoms with Crippen molar-refractivity contribution in [2.75, 3.05) is 19.8 Å². The maximum absolute atomic E-state index is 13.2. The van der Waals surface area contributed by atoms with Gasteiger partial charge in [0.25, 0.3) is 0 Å². The monoisotopic (exact) mass is 1060 g/mol. The summed E-state index contributed by atoms with van der Waals surface area (Å²) in [4.78, 5) is 13.2. The summed E-state index contributed by atoms with van der Waals surface area (Å²) in [6.07, 6.45) is 37.5. The van der Waals surface area contributed by atoms with Gasteiger partial charge < -0.3 is 65.1 Å². The third-order valence-electron chi connectivity index (χ3n) is 15.5. The maximum atomic E-state index is 13.2. The average molecular weight is 1060 g/mol. The van der Waals surface area contributed by atoms with E-state index >= 15 is 0 Å². The normalized spacial score (nSPS) is 25.2. The molecule has 1 amide bonds. The molecule has 2 rings (SSSR count). The molecule has 0 aromatic carbocycles. The standard InChI is InChI=1S/C60H115NO13/c1-3-5-7-9-11-13-14-15-16-17-18-19-20-21-22-23-24-25-26-27-28-29-30-31-32-33-34-35-36-38-40-42-44-52(65)61-48(49(64)43-41-39-37-12-10-8-6-4-2)47-71-59-57(70)55(68)58(51(46-63)73-59)74-60-56(69)54(67)53(66)50(45-62)72-60/h41,43,48-51,53-60,62-64,66-70H,3-40,42,44-47H2,1-2H3,(H,61,65)/b43-41+. The molecule has 12 unspecified atom stereocenters. The third kappa shape index (κ3) is 32.0. The van der Waals surface area contributed by atoms with Gasteiger partial charge in [0.05, 0.1) is 32.0 Å². The highest BCUT2D eigenvalue weighted by atomic mass is 16.7. The highest BCUT2D eigenvalue weighted by Crippen LogP contribution is 2.30. The first-order valence-corrected chi connectivity index (χ1v) is 30.9. The Balaban J connectivity index is 1.57. The number of allylic oxidation sites excluding steroid dienone is 1. The average Bonchev–Trinajstić information content (AvgIpc) is 3.40. The molecule has 0 aromatic rings. The van der Waals surface area contributed by atoms with Crippen molar-refractivity contribution in [1.29, 1.82) is 0 Å². The molecule has 2 aliphatic heterocycles. The highest BCUT2D eigenvalue weighted by Gasteiger charge is 2.51. The summed E-state index contributed by atoms with van der Waals surface area (Å²) in [5.74, 6) is -0.237. The van der Waals surface area contributed by atoms with E-state index in [1.807, 2.05) is 6.08 Å². The van der Waals surface area contributed by atoms with Crippen LogP contribution in [0.1, 0.15) is 271 Å². The number of hydrogen-bond donors (Lipinski definition) is 9. The molecule has 14 nitrogen and oxygen atoms in total. The molecule has 9 N–H and O–H groups in total. The van der Waals surface area contributed by atoms with E-state index < -0.39 is 86.8 Å². The van der Waals surface area contributed by atoms with Crippen molar-refractivity contribution < 1.29 is 64.6 Å². The topological polar surface area (TPSA) is 228 Å². The van der Waals surface area contributed by atoms with Gasteiger partial charge in [0, 0.05) is 6.42 Å². The van der Waals surface area contributed by atoms with E-state index in [4.69, 9.17) is 18.9 Å². The first kappa shape index (κ1) is 68.8. The highest BCUT2D eigenvalue weighted by molar-refractivity contribution is 5.76. The number of aliphatic hydroxyl groups is 8. The smallest absolute Gasteiger partial charge is 0.220 e. The second-order valence-electron chi connectivity index (χ2n) is 22.2. The summed E-state index contributed by atoms with van der Waals surface area (Å²) in [5.41, 5.74) is 0. The molecular formula is C60H115NO13. The fourth-order valence-corrected chi connectivity index (χ4v) is 10.5. The minimum atomic E-state index is -1.78. The third-order valence-corrected chi connectivity index (χ3v) is 15.5. The van der Waals surface area contributed by atoms with Gasteiger partial charge in [-0.3, -0.25) is 4.79 Å². The molecule has 2 saturated heterocycles. The van der Waals surface area contributed by atoms with Crippen LogP contribution in [0.2, 0.25) is 0 Å². The summed E-state index contributed by atoms with van der Waals surface area (Å²) in [6.45, 7) is 2.77. The van der Waals surface area contributed by atoms with Gasteiger partial charge in [-0.25, -0.2) is 0 Å². The van der Waals surface area contributed by atoms with Gasteiger partial charge >= 0.3 is 0 Å². The molecule has 0 radical (unpaired) electrons. The van der Waals surface area contributed by atoms with E-state index in [-0.39, 0.29) is 18.9 Å². The minimum Gasteiger partial charge on any atom is -0.394 e. The lowest BCUT2D eigenvalue weighted by Gasteiger charge is -2.46. The molecule has 2 aliphatic rings. The zero-order valence-electron chi connectivity index (χ0n) is 47.1. The summed E-state index contributed by atoms with van der Waals surface area (Å²) in [6, 6.07) is -0.907. The molecule has 2 heterocycles. The number of ether oxygens (including phenoxy) is 4. The van der Waals surface area contributed by atoms with Crippen molar-refractivity contribution >= 4 is 5.91 Å². The fraction of sp³-hybridized carbons (Fsp3) is 0.950. The summed E-state index contributed by atoms with van der Waals surface area (Å²) >= 11 is 0. The summed E-state index contributed by atoms with van der Waals surface area (Å²) in [5, 5.41) is 86.7. The van der Waals surface area contributed by atoms with Crippen LogP contribution in [0, 0.1) is 0 Å². The number of nitrogens with one attached hydrogen (secondary N) is 1. The molecule has 2 fully saturated rings. The molecule has 0 spiro atoms. The zero-order valence-corrected chi connectivity index (χ0v) is 47.1. The van der Waals surface area contributed by atoms with Crippen LogP contribution in [0.5, 0.6) is 0 Å². The zero-order chi connectivity index (χ0) is 53.9. The van der Waals surface area contributed by atoms with Crippen molar-refractivity contribution in [1.82, 2.24) is 5.32 Å². The van der Waals surface area contributed by atoms with Crippen molar-refractivity contribution in [3.8, 4) is 0 Å². The number of unbranched alkanes of at least 4 members (excludes halogenated alkanes) is 37. The van der Waals surface area contributed by atoms with Crippen molar-refractivity contribution in [2.45, 2.75) is 344 Å². The summed E-state index contributed by atoms with van der Waals surface area (Å²) < 4.78 is 22.7. The predicted molar refractivity (Wildman–Crippen MR) is 295 cm³/mol. The number of aliphatic hydroxyl groups excluding tert-OH is 8. The van der Waals surface area contributed by atoms with Crippen LogP contribution in [-0.4, -0.2) is 140 Å². The Morgan fingerprint density at radius 2 is 0.838 bits per heavy atom. The number of rotatable bonds is 50. The van der Waals surface area contributed by atoms with Crippen LogP contribution < -0.4 is 5.32 Å². The molecule has 14 heteroatoms. The summed E-state index contributed by atoms with van der Waals surface area (Å²) in [7, 11) is 0. The lowest BCUT2D eigenvalue weighted by atomic mass is 9.97. The first-order valence-electron chi connectivity index (χ1n) is 30.9. The molecule has 438 valence electrons. The SMILES string of the molecule is CCCCCCCC/C=C/C(O)C(COC1OC(CO)C(OC2OC(CO)C(O)C(O)C2O)C(O)C1O)NC(=O)CCCCCCCCCCCCCCCCCCCCCCCCCCCCCCCCCC. The van der Waals surface area contributed by atoms with Gasteiger partial charge in [0.1, 0.15) is 48.8 Å². The molecule has 0 saturated carbocycles. The van der Waals surface area contributed by atoms with Gasteiger partial charge in [-0.2, -0.15) is 0 Å². The molecule has 12 atom stereocenters. The second-order valence-corrected chi connectivity index (χ2v) is 22.2. The van der Waals surface area contributed by atoms with Crippen molar-refractivity contribution in [2.24, 2.45) is 0 Å². The van der Waals surface area contributed by atoms with E-state index in [1.54, 1.807) is 6.08 Å². The van der Waals surface area contributed by atoms with Crippen LogP contribution in [0.15, 0.2) is 12.2 Å². The van der Waals surface area contributed by atoms with Crippen molar-refractivity contribution in [3.63, 3.8) is 0 Å². The largest absolute Gasteiger partial charge is 0.394 e. The Kier molecular flexibility index (Phi) is 43.4. The quantitative estimate of drug-likeness (QED) is 0.0204. The van der Waals surface area contributed by atoms with Gasteiger partial charge in [0.15, 0.2) is 12.6 Å². The van der Waals surface area contributed by atoms with Crippen LogP contribution in [0.4, 0.5) is 0 Å². The minimum absolute atomic E-state index is 0.237. The van der Waals surface area contributed by atoms with Crippen molar-refractivity contribution in [3.05, 3.63) is 12.2 Å². The van der Waals surface area contributed by atoms with E-state index in [9.17, 15) is 45.6 Å².